The number of benzene rings is 6. The molecule has 0 aliphatic carbocycles. The van der Waals surface area contributed by atoms with Gasteiger partial charge >= 0.3 is 24.1 Å². The number of aryl methyl sites for hydroxylation is 4. The molecule has 12 aromatic rings. The van der Waals surface area contributed by atoms with Crippen LogP contribution in [-0.2, 0) is 51.9 Å². The van der Waals surface area contributed by atoms with E-state index in [2.05, 4.69) is 56.8 Å². The minimum atomic E-state index is -1.01. The van der Waals surface area contributed by atoms with Gasteiger partial charge in [0, 0.05) is 159 Å². The zero-order chi connectivity index (χ0) is 80.4. The molecule has 0 spiro atoms. The van der Waals surface area contributed by atoms with Crippen molar-refractivity contribution in [3.8, 4) is 44.7 Å². The molecule has 10 heterocycles. The number of carbonyl (C=O) groups excluding carboxylic acids is 4. The molecule has 0 bridgehead atoms. The van der Waals surface area contributed by atoms with Gasteiger partial charge < -0.3 is 59.0 Å². The summed E-state index contributed by atoms with van der Waals surface area (Å²) < 4.78 is 130. The number of thiazole rings is 1. The molecule has 0 unspecified atom stereocenters. The van der Waals surface area contributed by atoms with Crippen molar-refractivity contribution in [1.82, 2.24) is 55.2 Å². The number of hydrogen-bond donors (Lipinski definition) is 4. The molecule has 0 saturated heterocycles. The molecule has 0 fully saturated rings. The molecule has 0 radical (unpaired) electrons. The van der Waals surface area contributed by atoms with Crippen LogP contribution in [0.5, 0.6) is 0 Å². The van der Waals surface area contributed by atoms with Crippen molar-refractivity contribution in [3.05, 3.63) is 251 Å². The van der Waals surface area contributed by atoms with Crippen LogP contribution in [0.4, 0.5) is 77.1 Å². The molecule has 113 heavy (non-hydrogen) atoms. The fraction of sp³-hybridized carbons (Fsp3) is 0.253. The van der Waals surface area contributed by atoms with Gasteiger partial charge in [-0.15, -0.1) is 11.3 Å². The van der Waals surface area contributed by atoms with Crippen LogP contribution >= 0.6 is 34.5 Å². The molecule has 6 aromatic carbocycles. The number of nitrogens with zero attached hydrogens (tertiary/aromatic N) is 11. The van der Waals surface area contributed by atoms with Crippen molar-refractivity contribution < 1.29 is 72.4 Å². The maximum atomic E-state index is 13.7. The highest BCUT2D eigenvalue weighted by Gasteiger charge is 2.38. The van der Waals surface area contributed by atoms with E-state index in [1.54, 1.807) is 74.2 Å². The lowest BCUT2D eigenvalue weighted by atomic mass is 9.97. The minimum absolute atomic E-state index is 0.119. The summed E-state index contributed by atoms with van der Waals surface area (Å²) in [6.07, 6.45) is 8.44. The van der Waals surface area contributed by atoms with Gasteiger partial charge in [-0.2, -0.15) is 0 Å². The number of rotatable bonds is 8. The molecule has 34 heteroatoms. The van der Waals surface area contributed by atoms with Gasteiger partial charge in [0.05, 0.1) is 65.5 Å². The molecule has 4 N–H and O–H groups in total. The van der Waals surface area contributed by atoms with Gasteiger partial charge in [-0.25, -0.2) is 59.3 Å². The summed E-state index contributed by atoms with van der Waals surface area (Å²) in [5.41, 5.74) is 11.5. The summed E-state index contributed by atoms with van der Waals surface area (Å²) >= 11 is 13.5. The van der Waals surface area contributed by atoms with Gasteiger partial charge in [-0.05, 0) is 138 Å². The van der Waals surface area contributed by atoms with E-state index in [0.29, 0.717) is 71.0 Å². The van der Waals surface area contributed by atoms with Crippen molar-refractivity contribution in [2.75, 3.05) is 21.3 Å². The summed E-state index contributed by atoms with van der Waals surface area (Å²) in [4.78, 5) is 70.8. The number of hydrogen-bond acceptors (Lipinski definition) is 16. The van der Waals surface area contributed by atoms with Crippen LogP contribution in [0.25, 0.3) is 44.7 Å². The lowest BCUT2D eigenvalue weighted by Gasteiger charge is -2.32. The zero-order valence-electron chi connectivity index (χ0n) is 61.5. The fourth-order valence-corrected chi connectivity index (χ4v) is 14.4. The van der Waals surface area contributed by atoms with Crippen molar-refractivity contribution in [2.24, 2.45) is 0 Å². The Morgan fingerprint density at radius 2 is 0.770 bits per heavy atom. The highest BCUT2D eigenvalue weighted by molar-refractivity contribution is 7.13. The van der Waals surface area contributed by atoms with Crippen molar-refractivity contribution >= 4 is 81.4 Å². The lowest BCUT2D eigenvalue weighted by molar-refractivity contribution is 0.181. The maximum Gasteiger partial charge on any atom is 0.322 e. The van der Waals surface area contributed by atoms with Crippen molar-refractivity contribution in [1.29, 1.82) is 0 Å². The molecule has 0 saturated carbocycles. The first-order valence-electron chi connectivity index (χ1n) is 35.2. The topological polar surface area (TPSA) is 272 Å². The van der Waals surface area contributed by atoms with E-state index in [9.17, 15) is 54.3 Å². The first kappa shape index (κ1) is 79.1. The number of nitrogens with one attached hydrogen (secondary N) is 4. The van der Waals surface area contributed by atoms with E-state index >= 15 is 0 Å². The van der Waals surface area contributed by atoms with E-state index < -0.39 is 70.7 Å². The Balaban J connectivity index is 0.000000132. The lowest BCUT2D eigenvalue weighted by Crippen LogP contribution is -2.44. The molecule has 8 amide bonds. The van der Waals surface area contributed by atoms with Gasteiger partial charge in [-0.3, -0.25) is 9.97 Å². The number of urea groups is 4. The standard InChI is InChI=1S/2C21H18ClF2N3O2.C19H17F2N5O2.C18H16F2N4O2S/c1-11-7-15(9-17(23)19(11)24)25-21(28)27-10-16-18(8-12(27)2)26-29-20(16)13-3-5-14(22)6-4-13;1-11-6-15(9-17(23)19(11)24)25-21(28)27-10-16-18(7-12(27)2)26-29-20(16)13-4-3-5-14(22)8-13;1-10-5-12(7-14(20)17(10)21)24-19(27)26-9-13-15(6-11(26)2)25-28-18(13)16-8-22-3-4-23-16;1-9-3-11(5-13(19)16(9)20)22-18(25)24-7-12-14(4-10(24)2)23-26-17(12)15-6-21-8-27-15/h3-7,9,12H,8,10H2,1-2H3,(H,25,28);3-6,8-9,12H,7,10H2,1-2H3,(H,25,28);3-5,7-8,11H,6,9H2,1-2H3,(H,24,27);3,5-6,8,10H,4,7H2,1-2H3,(H,22,25)/t2*12-;11-;10-/m0000/s1. The van der Waals surface area contributed by atoms with E-state index in [0.717, 1.165) is 85.3 Å². The Kier molecular flexibility index (Phi) is 23.4. The number of aromatic nitrogens is 7. The van der Waals surface area contributed by atoms with Crippen molar-refractivity contribution in [3.63, 3.8) is 0 Å². The predicted molar refractivity (Wildman–Crippen MR) is 404 cm³/mol. The maximum absolute atomic E-state index is 13.7. The van der Waals surface area contributed by atoms with Crippen LogP contribution in [0, 0.1) is 74.2 Å². The largest absolute Gasteiger partial charge is 0.356 e. The number of fused-ring (bicyclic) bond motifs is 4. The van der Waals surface area contributed by atoms with Gasteiger partial charge in [-0.1, -0.05) is 56.0 Å². The number of anilines is 4. The van der Waals surface area contributed by atoms with E-state index in [1.165, 1.54) is 63.3 Å². The highest BCUT2D eigenvalue weighted by atomic mass is 35.5. The smallest absolute Gasteiger partial charge is 0.322 e. The van der Waals surface area contributed by atoms with Crippen LogP contribution in [0.15, 0.2) is 145 Å². The van der Waals surface area contributed by atoms with Crippen molar-refractivity contribution in [2.45, 2.75) is 131 Å². The number of amides is 8. The quantitative estimate of drug-likeness (QED) is 0.103. The van der Waals surface area contributed by atoms with Gasteiger partial charge in [0.25, 0.3) is 0 Å². The second kappa shape index (κ2) is 33.5. The Morgan fingerprint density at radius 3 is 1.12 bits per heavy atom. The fourth-order valence-electron chi connectivity index (χ4n) is 13.4. The van der Waals surface area contributed by atoms with Gasteiger partial charge in [0.1, 0.15) is 5.69 Å². The van der Waals surface area contributed by atoms with E-state index in [-0.39, 0.29) is 88.8 Å². The van der Waals surface area contributed by atoms with Crippen LogP contribution in [0.1, 0.15) is 95.0 Å². The summed E-state index contributed by atoms with van der Waals surface area (Å²) in [6, 6.07) is 21.6. The summed E-state index contributed by atoms with van der Waals surface area (Å²) in [5, 5.41) is 28.3. The molecular formula is C79H69Cl2F8N15O8S. The normalized spacial score (nSPS) is 16.0. The minimum Gasteiger partial charge on any atom is -0.356 e. The second-order valence-corrected chi connectivity index (χ2v) is 29.3. The Hall–Kier alpha value is -12.0. The SMILES string of the molecule is Cc1cc(NC(=O)N2Cc3c(noc3-c3ccc(Cl)cc3)C[C@@H]2C)cc(F)c1F.Cc1cc(NC(=O)N2Cc3c(noc3-c3cccc(Cl)c3)C[C@@H]2C)cc(F)c1F.Cc1cc(NC(=O)N2Cc3c(noc3-c3cnccn3)C[C@@H]2C)cc(F)c1F.Cc1cc(NC(=O)N2Cc3c(noc3-c3cncs3)C[C@@H]2C)cc(F)c1F. The van der Waals surface area contributed by atoms with E-state index in [4.69, 9.17) is 41.3 Å². The third kappa shape index (κ3) is 17.4. The number of carbonyl (C=O) groups is 4. The first-order valence-corrected chi connectivity index (χ1v) is 36.9. The Morgan fingerprint density at radius 1 is 0.416 bits per heavy atom. The van der Waals surface area contributed by atoms with Crippen LogP contribution in [-0.4, -0.2) is 103 Å². The molecule has 4 aliphatic heterocycles. The van der Waals surface area contributed by atoms with Gasteiger partial charge in [0.2, 0.25) is 0 Å². The predicted octanol–water partition coefficient (Wildman–Crippen LogP) is 19.2. The van der Waals surface area contributed by atoms with Crippen LogP contribution < -0.4 is 21.3 Å². The van der Waals surface area contributed by atoms with E-state index in [1.807, 2.05) is 52.0 Å². The van der Waals surface area contributed by atoms with Gasteiger partial charge in [0.15, 0.2) is 69.6 Å². The highest BCUT2D eigenvalue weighted by Crippen LogP contribution is 2.39. The van der Waals surface area contributed by atoms with Crippen LogP contribution in [0.3, 0.4) is 0 Å². The average molecular weight is 1610 g/mol. The molecule has 23 nitrogen and oxygen atoms in total. The third-order valence-electron chi connectivity index (χ3n) is 19.4. The second-order valence-electron chi connectivity index (χ2n) is 27.5. The number of halogens is 10. The molecule has 16 rings (SSSR count). The molecule has 4 aliphatic rings. The summed E-state index contributed by atoms with van der Waals surface area (Å²) in [5.74, 6) is -5.45. The summed E-state index contributed by atoms with van der Waals surface area (Å²) in [6.45, 7) is 14.5. The molecule has 6 aromatic heterocycles. The third-order valence-corrected chi connectivity index (χ3v) is 20.7. The molecule has 4 atom stereocenters. The van der Waals surface area contributed by atoms with Crippen LogP contribution in [0.2, 0.25) is 10.0 Å². The summed E-state index contributed by atoms with van der Waals surface area (Å²) in [7, 11) is 0. The molecule has 584 valence electrons. The Labute approximate surface area is 654 Å². The average Bonchev–Trinajstić information content (AvgIpc) is 1.68. The first-order chi connectivity index (χ1) is 54.0. The zero-order valence-corrected chi connectivity index (χ0v) is 63.8. The monoisotopic (exact) mass is 1610 g/mol. The molecular weight excluding hydrogens is 1540 g/mol. The Bertz CT molecular complexity index is 5490.